The number of azide groups is 1. The quantitative estimate of drug-likeness (QED) is 0.211. The van der Waals surface area contributed by atoms with Crippen LogP contribution in [0.25, 0.3) is 10.4 Å². The molecule has 5 atom stereocenters. The molecular weight excluding hydrogens is 318 g/mol. The van der Waals surface area contributed by atoms with Crippen molar-refractivity contribution in [3.05, 3.63) is 35.8 Å². The van der Waals surface area contributed by atoms with Crippen molar-refractivity contribution in [3.8, 4) is 0 Å². The molecule has 2 saturated carbocycles. The molecule has 26 heavy (non-hydrogen) atoms. The SMILES string of the molecule is C=CC1(C)CC(C)CC(C)(C)C1.C=CC1(C)CC(C)CC(C)(N=[N+]=[N-])C1. The van der Waals surface area contributed by atoms with Crippen molar-refractivity contribution in [2.75, 3.05) is 0 Å². The summed E-state index contributed by atoms with van der Waals surface area (Å²) >= 11 is 0. The molecule has 0 aliphatic heterocycles. The normalized spacial score (nSPS) is 41.8. The van der Waals surface area contributed by atoms with Gasteiger partial charge in [-0.15, -0.1) is 13.2 Å². The predicted octanol–water partition coefficient (Wildman–Crippen LogP) is 8.09. The standard InChI is InChI=1S/C12H22.C11H19N3/c1-6-12(5)8-10(2)7-11(3,4)9-12;1-5-10(3)6-9(2)7-11(4,8-10)13-14-12/h6,10H,1,7-9H2,2-5H3;5,9H,1,6-8H2,2-4H3. The van der Waals surface area contributed by atoms with Crippen LogP contribution in [0.15, 0.2) is 30.4 Å². The van der Waals surface area contributed by atoms with Gasteiger partial charge >= 0.3 is 0 Å². The summed E-state index contributed by atoms with van der Waals surface area (Å²) < 4.78 is 0. The molecule has 2 rings (SSSR count). The van der Waals surface area contributed by atoms with Crippen molar-refractivity contribution < 1.29 is 0 Å². The maximum Gasteiger partial charge on any atom is 0.0470 e. The van der Waals surface area contributed by atoms with Gasteiger partial charge < -0.3 is 0 Å². The van der Waals surface area contributed by atoms with Gasteiger partial charge in [-0.2, -0.15) is 0 Å². The predicted molar refractivity (Wildman–Crippen MR) is 114 cm³/mol. The van der Waals surface area contributed by atoms with E-state index in [2.05, 4.69) is 70.8 Å². The first-order valence-corrected chi connectivity index (χ1v) is 10.1. The lowest BCUT2D eigenvalue weighted by Gasteiger charge is -2.44. The van der Waals surface area contributed by atoms with Crippen molar-refractivity contribution in [3.63, 3.8) is 0 Å². The van der Waals surface area contributed by atoms with Gasteiger partial charge in [-0.3, -0.25) is 0 Å². The van der Waals surface area contributed by atoms with Gasteiger partial charge in [0.15, 0.2) is 0 Å². The zero-order valence-corrected chi connectivity index (χ0v) is 18.3. The fourth-order valence-electron chi connectivity index (χ4n) is 6.18. The summed E-state index contributed by atoms with van der Waals surface area (Å²) in [6.07, 6.45) is 11.2. The van der Waals surface area contributed by atoms with E-state index in [4.69, 9.17) is 5.53 Å². The van der Waals surface area contributed by atoms with Gasteiger partial charge in [0.2, 0.25) is 0 Å². The van der Waals surface area contributed by atoms with E-state index < -0.39 is 0 Å². The summed E-state index contributed by atoms with van der Waals surface area (Å²) in [6, 6.07) is 0. The Morgan fingerprint density at radius 2 is 1.31 bits per heavy atom. The lowest BCUT2D eigenvalue weighted by atomic mass is 9.61. The molecule has 0 bridgehead atoms. The minimum atomic E-state index is -0.227. The second-order valence-electron chi connectivity index (χ2n) is 10.9. The number of hydrogen-bond acceptors (Lipinski definition) is 1. The monoisotopic (exact) mass is 359 g/mol. The highest BCUT2D eigenvalue weighted by Crippen LogP contribution is 2.49. The summed E-state index contributed by atoms with van der Waals surface area (Å²) in [5.74, 6) is 1.46. The van der Waals surface area contributed by atoms with Crippen LogP contribution in [0.4, 0.5) is 0 Å². The average Bonchev–Trinajstić information content (AvgIpc) is 2.44. The number of nitrogens with zero attached hydrogens (tertiary/aromatic N) is 3. The van der Waals surface area contributed by atoms with Gasteiger partial charge in [-0.05, 0) is 72.1 Å². The van der Waals surface area contributed by atoms with Gasteiger partial charge in [0.1, 0.15) is 0 Å². The molecular formula is C23H41N3. The molecule has 0 spiro atoms. The van der Waals surface area contributed by atoms with Gasteiger partial charge in [0.25, 0.3) is 0 Å². The van der Waals surface area contributed by atoms with Crippen molar-refractivity contribution in [1.82, 2.24) is 0 Å². The Bertz CT molecular complexity index is 560. The molecule has 0 aromatic heterocycles. The zero-order chi connectivity index (χ0) is 20.2. The molecule has 2 aliphatic carbocycles. The van der Waals surface area contributed by atoms with Crippen LogP contribution in [0.5, 0.6) is 0 Å². The summed E-state index contributed by atoms with van der Waals surface area (Å²) in [5, 5.41) is 3.94. The van der Waals surface area contributed by atoms with Crippen LogP contribution in [0.3, 0.4) is 0 Å². The van der Waals surface area contributed by atoms with Crippen LogP contribution in [0.1, 0.15) is 87.0 Å². The van der Waals surface area contributed by atoms with Gasteiger partial charge in [-0.1, -0.05) is 65.7 Å². The van der Waals surface area contributed by atoms with Crippen LogP contribution in [-0.2, 0) is 0 Å². The molecule has 0 saturated heterocycles. The fraction of sp³-hybridized carbons (Fsp3) is 0.826. The lowest BCUT2D eigenvalue weighted by Crippen LogP contribution is -2.38. The molecule has 0 heterocycles. The third-order valence-corrected chi connectivity index (χ3v) is 6.26. The van der Waals surface area contributed by atoms with Gasteiger partial charge in [0.05, 0.1) is 0 Å². The average molecular weight is 360 g/mol. The Morgan fingerprint density at radius 3 is 1.73 bits per heavy atom. The Morgan fingerprint density at radius 1 is 0.846 bits per heavy atom. The van der Waals surface area contributed by atoms with Crippen LogP contribution in [0.2, 0.25) is 0 Å². The van der Waals surface area contributed by atoms with E-state index in [1.54, 1.807) is 0 Å². The molecule has 2 aliphatic rings. The Kier molecular flexibility index (Phi) is 7.21. The highest BCUT2D eigenvalue weighted by atomic mass is 15.2. The molecule has 3 heteroatoms. The van der Waals surface area contributed by atoms with Crippen molar-refractivity contribution >= 4 is 0 Å². The maximum absolute atomic E-state index is 8.55. The molecule has 5 unspecified atom stereocenters. The molecule has 0 aromatic rings. The van der Waals surface area contributed by atoms with Crippen molar-refractivity contribution in [2.24, 2.45) is 33.2 Å². The second kappa shape index (κ2) is 8.21. The largest absolute Gasteiger partial charge is 0.103 e. The van der Waals surface area contributed by atoms with E-state index in [0.717, 1.165) is 25.2 Å². The van der Waals surface area contributed by atoms with Crippen molar-refractivity contribution in [1.29, 1.82) is 0 Å². The molecule has 148 valence electrons. The van der Waals surface area contributed by atoms with E-state index in [-0.39, 0.29) is 11.0 Å². The zero-order valence-electron chi connectivity index (χ0n) is 18.3. The molecule has 2 fully saturated rings. The van der Waals surface area contributed by atoms with Crippen LogP contribution in [-0.4, -0.2) is 5.54 Å². The second-order valence-corrected chi connectivity index (χ2v) is 10.9. The molecule has 0 aromatic carbocycles. The molecule has 0 radical (unpaired) electrons. The molecule has 0 N–H and O–H groups in total. The minimum absolute atomic E-state index is 0.126. The van der Waals surface area contributed by atoms with E-state index >= 15 is 0 Å². The number of hydrogen-bond donors (Lipinski definition) is 0. The molecule has 0 amide bonds. The number of allylic oxidation sites excluding steroid dienone is 2. The van der Waals surface area contributed by atoms with E-state index in [9.17, 15) is 0 Å². The third kappa shape index (κ3) is 6.50. The van der Waals surface area contributed by atoms with E-state index in [1.165, 1.54) is 19.3 Å². The van der Waals surface area contributed by atoms with Gasteiger partial charge in [0, 0.05) is 10.5 Å². The Labute approximate surface area is 162 Å². The first kappa shape index (κ1) is 22.8. The summed E-state index contributed by atoms with van der Waals surface area (Å²) in [5.41, 5.74) is 9.35. The fourth-order valence-corrected chi connectivity index (χ4v) is 6.18. The maximum atomic E-state index is 8.55. The van der Waals surface area contributed by atoms with Crippen LogP contribution in [0, 0.1) is 28.1 Å². The minimum Gasteiger partial charge on any atom is -0.103 e. The first-order chi connectivity index (χ1) is 11.8. The smallest absolute Gasteiger partial charge is 0.0470 e. The topological polar surface area (TPSA) is 48.8 Å². The third-order valence-electron chi connectivity index (χ3n) is 6.26. The Hall–Kier alpha value is -1.21. The highest BCUT2D eigenvalue weighted by Gasteiger charge is 2.40. The summed E-state index contributed by atoms with van der Waals surface area (Å²) in [7, 11) is 0. The van der Waals surface area contributed by atoms with Gasteiger partial charge in [-0.25, -0.2) is 0 Å². The number of rotatable bonds is 3. The summed E-state index contributed by atoms with van der Waals surface area (Å²) in [4.78, 5) is 2.96. The van der Waals surface area contributed by atoms with Crippen molar-refractivity contribution in [2.45, 2.75) is 92.5 Å². The summed E-state index contributed by atoms with van der Waals surface area (Å²) in [6.45, 7) is 23.8. The van der Waals surface area contributed by atoms with E-state index in [1.807, 2.05) is 13.0 Å². The first-order valence-electron chi connectivity index (χ1n) is 10.1. The highest BCUT2D eigenvalue weighted by molar-refractivity contribution is 5.04. The Balaban J connectivity index is 0.000000263. The van der Waals surface area contributed by atoms with E-state index in [0.29, 0.717) is 16.7 Å². The lowest BCUT2D eigenvalue weighted by molar-refractivity contribution is 0.0959. The van der Waals surface area contributed by atoms with Crippen LogP contribution < -0.4 is 0 Å². The molecule has 3 nitrogen and oxygen atoms in total. The van der Waals surface area contributed by atoms with Crippen LogP contribution >= 0.6 is 0 Å².